The van der Waals surface area contributed by atoms with E-state index in [1.165, 1.54) is 0 Å². The van der Waals surface area contributed by atoms with E-state index in [0.717, 1.165) is 11.1 Å². The van der Waals surface area contributed by atoms with Gasteiger partial charge in [-0.05, 0) is 36.8 Å². The predicted octanol–water partition coefficient (Wildman–Crippen LogP) is 4.02. The monoisotopic (exact) mass is 342 g/mol. The highest BCUT2D eigenvalue weighted by molar-refractivity contribution is 6.30. The van der Waals surface area contributed by atoms with E-state index in [0.29, 0.717) is 22.5 Å². The van der Waals surface area contributed by atoms with E-state index in [4.69, 9.17) is 16.0 Å². The van der Waals surface area contributed by atoms with Crippen LogP contribution in [-0.4, -0.2) is 16.2 Å². The number of rotatable bonds is 4. The van der Waals surface area contributed by atoms with Crippen LogP contribution in [0.4, 0.5) is 10.5 Å². The molecule has 1 heterocycles. The smallest absolute Gasteiger partial charge is 0.319 e. The number of nitrogens with zero attached hydrogens (tertiary/aromatic N) is 2. The molecule has 0 unspecified atom stereocenters. The lowest BCUT2D eigenvalue weighted by molar-refractivity contribution is 0.250. The lowest BCUT2D eigenvalue weighted by Gasteiger charge is -2.06. The van der Waals surface area contributed by atoms with Crippen LogP contribution in [0.25, 0.3) is 11.5 Å². The molecule has 0 spiro atoms. The van der Waals surface area contributed by atoms with Crippen molar-refractivity contribution in [2.45, 2.75) is 13.5 Å². The van der Waals surface area contributed by atoms with E-state index in [9.17, 15) is 4.79 Å². The van der Waals surface area contributed by atoms with Crippen molar-refractivity contribution in [1.82, 2.24) is 15.5 Å². The number of hydrogen-bond acceptors (Lipinski definition) is 4. The molecule has 2 aromatic carbocycles. The number of aromatic nitrogens is 2. The number of anilines is 1. The second-order valence-corrected chi connectivity index (χ2v) is 5.57. The van der Waals surface area contributed by atoms with Crippen LogP contribution in [-0.2, 0) is 6.54 Å². The summed E-state index contributed by atoms with van der Waals surface area (Å²) in [5, 5.41) is 13.8. The summed E-state index contributed by atoms with van der Waals surface area (Å²) in [6.45, 7) is 2.10. The number of aryl methyl sites for hydroxylation is 1. The van der Waals surface area contributed by atoms with Gasteiger partial charge in [0.25, 0.3) is 0 Å². The zero-order chi connectivity index (χ0) is 16.9. The van der Waals surface area contributed by atoms with Gasteiger partial charge in [0.15, 0.2) is 0 Å². The molecule has 0 aliphatic heterocycles. The van der Waals surface area contributed by atoms with Crippen LogP contribution < -0.4 is 10.6 Å². The highest BCUT2D eigenvalue weighted by atomic mass is 35.5. The molecule has 0 fully saturated rings. The Bertz CT molecular complexity index is 863. The minimum absolute atomic E-state index is 0.130. The molecular formula is C17H15ClN4O2. The molecule has 3 aromatic rings. The van der Waals surface area contributed by atoms with Gasteiger partial charge in [0, 0.05) is 16.3 Å². The number of urea groups is 1. The topological polar surface area (TPSA) is 80.0 Å². The average Bonchev–Trinajstić information content (AvgIpc) is 3.02. The molecule has 2 amide bonds. The average molecular weight is 343 g/mol. The predicted molar refractivity (Wildman–Crippen MR) is 91.8 cm³/mol. The molecule has 3 rings (SSSR count). The van der Waals surface area contributed by atoms with Crippen LogP contribution in [0.3, 0.4) is 0 Å². The van der Waals surface area contributed by atoms with Gasteiger partial charge >= 0.3 is 6.03 Å². The molecule has 0 atom stereocenters. The van der Waals surface area contributed by atoms with E-state index < -0.39 is 0 Å². The second kappa shape index (κ2) is 7.14. The molecule has 2 N–H and O–H groups in total. The van der Waals surface area contributed by atoms with Crippen molar-refractivity contribution < 1.29 is 9.21 Å². The van der Waals surface area contributed by atoms with E-state index in [-0.39, 0.29) is 12.6 Å². The largest absolute Gasteiger partial charge is 0.419 e. The van der Waals surface area contributed by atoms with E-state index in [1.54, 1.807) is 24.3 Å². The van der Waals surface area contributed by atoms with Gasteiger partial charge in [0.05, 0.1) is 6.54 Å². The number of amides is 2. The minimum Gasteiger partial charge on any atom is -0.419 e. The van der Waals surface area contributed by atoms with Crippen molar-refractivity contribution in [2.24, 2.45) is 0 Å². The Balaban J connectivity index is 1.59. The third kappa shape index (κ3) is 3.91. The first kappa shape index (κ1) is 16.0. The molecule has 0 saturated carbocycles. The van der Waals surface area contributed by atoms with Gasteiger partial charge in [-0.3, -0.25) is 0 Å². The highest BCUT2D eigenvalue weighted by Crippen LogP contribution is 2.21. The zero-order valence-electron chi connectivity index (χ0n) is 12.9. The first-order valence-corrected chi connectivity index (χ1v) is 7.68. The summed E-state index contributed by atoms with van der Waals surface area (Å²) in [6, 6.07) is 14.2. The SMILES string of the molecule is Cc1ccccc1-c1nnc(CNC(=O)Nc2cccc(Cl)c2)o1. The molecule has 0 bridgehead atoms. The Morgan fingerprint density at radius 2 is 2.00 bits per heavy atom. The van der Waals surface area contributed by atoms with Crippen LogP contribution in [0.2, 0.25) is 5.02 Å². The van der Waals surface area contributed by atoms with Crippen LogP contribution in [0.5, 0.6) is 0 Å². The van der Waals surface area contributed by atoms with Crippen molar-refractivity contribution in [1.29, 1.82) is 0 Å². The first-order valence-electron chi connectivity index (χ1n) is 7.30. The quantitative estimate of drug-likeness (QED) is 0.750. The zero-order valence-corrected chi connectivity index (χ0v) is 13.7. The minimum atomic E-state index is -0.382. The van der Waals surface area contributed by atoms with Gasteiger partial charge in [-0.1, -0.05) is 35.9 Å². The summed E-state index contributed by atoms with van der Waals surface area (Å²) in [5.74, 6) is 0.759. The van der Waals surface area contributed by atoms with Crippen LogP contribution in [0.15, 0.2) is 52.9 Å². The van der Waals surface area contributed by atoms with Crippen molar-refractivity contribution in [3.8, 4) is 11.5 Å². The van der Waals surface area contributed by atoms with E-state index in [1.807, 2.05) is 31.2 Å². The van der Waals surface area contributed by atoms with Crippen molar-refractivity contribution in [3.05, 3.63) is 65.0 Å². The molecule has 7 heteroatoms. The lowest BCUT2D eigenvalue weighted by Crippen LogP contribution is -2.28. The standard InChI is InChI=1S/C17H15ClN4O2/c1-11-5-2-3-8-14(11)16-22-21-15(24-16)10-19-17(23)20-13-7-4-6-12(18)9-13/h2-9H,10H2,1H3,(H2,19,20,23). The van der Waals surface area contributed by atoms with Gasteiger partial charge < -0.3 is 15.1 Å². The molecule has 0 aliphatic rings. The fourth-order valence-corrected chi connectivity index (χ4v) is 2.33. The number of halogens is 1. The maximum Gasteiger partial charge on any atom is 0.319 e. The summed E-state index contributed by atoms with van der Waals surface area (Å²) >= 11 is 5.87. The first-order chi connectivity index (χ1) is 11.6. The highest BCUT2D eigenvalue weighted by Gasteiger charge is 2.11. The van der Waals surface area contributed by atoms with Gasteiger partial charge in [0.1, 0.15) is 0 Å². The summed E-state index contributed by atoms with van der Waals surface area (Å²) in [7, 11) is 0. The molecular weight excluding hydrogens is 328 g/mol. The third-order valence-electron chi connectivity index (χ3n) is 3.32. The molecule has 0 radical (unpaired) electrons. The van der Waals surface area contributed by atoms with Gasteiger partial charge in [0.2, 0.25) is 11.8 Å². The lowest BCUT2D eigenvalue weighted by atomic mass is 10.1. The number of benzene rings is 2. The van der Waals surface area contributed by atoms with Crippen LogP contribution in [0.1, 0.15) is 11.5 Å². The van der Waals surface area contributed by atoms with Gasteiger partial charge in [-0.25, -0.2) is 4.79 Å². The summed E-state index contributed by atoms with van der Waals surface area (Å²) in [4.78, 5) is 11.9. The number of carbonyl (C=O) groups is 1. The number of hydrogen-bond donors (Lipinski definition) is 2. The van der Waals surface area contributed by atoms with Gasteiger partial charge in [-0.2, -0.15) is 0 Å². The van der Waals surface area contributed by atoms with Crippen molar-refractivity contribution >= 4 is 23.3 Å². The van der Waals surface area contributed by atoms with Crippen molar-refractivity contribution in [2.75, 3.05) is 5.32 Å². The third-order valence-corrected chi connectivity index (χ3v) is 3.56. The normalized spacial score (nSPS) is 10.4. The molecule has 1 aromatic heterocycles. The Labute approximate surface area is 143 Å². The maximum atomic E-state index is 11.9. The van der Waals surface area contributed by atoms with E-state index in [2.05, 4.69) is 20.8 Å². The van der Waals surface area contributed by atoms with Crippen LogP contribution >= 0.6 is 11.6 Å². The Morgan fingerprint density at radius 1 is 1.17 bits per heavy atom. The summed E-state index contributed by atoms with van der Waals surface area (Å²) in [5.41, 5.74) is 2.52. The Kier molecular flexibility index (Phi) is 4.77. The molecule has 0 aliphatic carbocycles. The van der Waals surface area contributed by atoms with E-state index >= 15 is 0 Å². The van der Waals surface area contributed by atoms with Crippen LogP contribution in [0, 0.1) is 6.92 Å². The molecule has 122 valence electrons. The maximum absolute atomic E-state index is 11.9. The second-order valence-electron chi connectivity index (χ2n) is 5.13. The Morgan fingerprint density at radius 3 is 2.79 bits per heavy atom. The summed E-state index contributed by atoms with van der Waals surface area (Å²) in [6.07, 6.45) is 0. The fourth-order valence-electron chi connectivity index (χ4n) is 2.14. The number of nitrogens with one attached hydrogen (secondary N) is 2. The summed E-state index contributed by atoms with van der Waals surface area (Å²) < 4.78 is 5.58. The number of carbonyl (C=O) groups excluding carboxylic acids is 1. The molecule has 0 saturated heterocycles. The fraction of sp³-hybridized carbons (Fsp3) is 0.118. The van der Waals surface area contributed by atoms with Crippen molar-refractivity contribution in [3.63, 3.8) is 0 Å². The molecule has 6 nitrogen and oxygen atoms in total. The molecule has 24 heavy (non-hydrogen) atoms. The Hall–Kier alpha value is -2.86. The van der Waals surface area contributed by atoms with Gasteiger partial charge in [-0.15, -0.1) is 10.2 Å².